The van der Waals surface area contributed by atoms with Gasteiger partial charge in [0.05, 0.1) is 11.5 Å². The van der Waals surface area contributed by atoms with Crippen LogP contribution in [0.1, 0.15) is 28.7 Å². The van der Waals surface area contributed by atoms with Crippen molar-refractivity contribution < 1.29 is 14.3 Å². The normalized spacial score (nSPS) is 16.8. The summed E-state index contributed by atoms with van der Waals surface area (Å²) in [5.41, 5.74) is 5.36. The summed E-state index contributed by atoms with van der Waals surface area (Å²) in [7, 11) is 0. The Kier molecular flexibility index (Phi) is 4.91. The molecule has 1 fully saturated rings. The molecule has 1 aliphatic heterocycles. The number of rotatable bonds is 5. The lowest BCUT2D eigenvalue weighted by atomic mass is 10.0. The molecule has 29 heavy (non-hydrogen) atoms. The van der Waals surface area contributed by atoms with Crippen molar-refractivity contribution in [1.29, 1.82) is 5.26 Å². The number of carboxylic acid groups (broad SMARTS) is 1. The molecule has 1 atom stereocenters. The molecule has 1 N–H and O–H groups in total. The highest BCUT2D eigenvalue weighted by Crippen LogP contribution is 2.31. The van der Waals surface area contributed by atoms with Crippen molar-refractivity contribution >= 4 is 23.1 Å². The van der Waals surface area contributed by atoms with Gasteiger partial charge in [-0.25, -0.2) is 4.98 Å². The van der Waals surface area contributed by atoms with E-state index in [1.165, 1.54) is 0 Å². The molecule has 1 saturated heterocycles. The van der Waals surface area contributed by atoms with E-state index in [4.69, 9.17) is 4.42 Å². The first-order valence-corrected chi connectivity index (χ1v) is 9.51. The number of aliphatic carboxylic acids is 1. The number of likely N-dealkylation sites (tertiary alicyclic amines) is 1. The van der Waals surface area contributed by atoms with Crippen LogP contribution in [0.3, 0.4) is 0 Å². The molecule has 1 aliphatic rings. The molecule has 0 radical (unpaired) electrons. The van der Waals surface area contributed by atoms with E-state index in [1.807, 2.05) is 31.2 Å². The Labute approximate surface area is 168 Å². The van der Waals surface area contributed by atoms with Crippen LogP contribution in [0.25, 0.3) is 28.6 Å². The maximum Gasteiger partial charge on any atom is 0.307 e. The molecule has 2 aromatic carbocycles. The van der Waals surface area contributed by atoms with Gasteiger partial charge in [0.25, 0.3) is 0 Å². The van der Waals surface area contributed by atoms with E-state index >= 15 is 0 Å². The van der Waals surface area contributed by atoms with Crippen LogP contribution in [0.15, 0.2) is 41.3 Å². The van der Waals surface area contributed by atoms with Crippen LogP contribution in [0.2, 0.25) is 0 Å². The Bertz CT molecular complexity index is 1160. The molecule has 0 unspecified atom stereocenters. The van der Waals surface area contributed by atoms with Crippen LogP contribution in [-0.4, -0.2) is 34.0 Å². The lowest BCUT2D eigenvalue weighted by Gasteiger charge is -2.15. The fourth-order valence-electron chi connectivity index (χ4n) is 3.92. The molecule has 0 aliphatic carbocycles. The SMILES string of the molecule is C=Cc1cccc(-c2nc3cc(CN4CC[C@@H](C(=O)O)C4)cc(C#N)c3o2)c1C. The highest BCUT2D eigenvalue weighted by atomic mass is 16.4. The topological polar surface area (TPSA) is 90.4 Å². The molecular formula is C23H21N3O3. The van der Waals surface area contributed by atoms with Gasteiger partial charge in [0.2, 0.25) is 5.89 Å². The maximum atomic E-state index is 11.2. The second-order valence-corrected chi connectivity index (χ2v) is 7.41. The quantitative estimate of drug-likeness (QED) is 0.705. The number of fused-ring (bicyclic) bond motifs is 1. The van der Waals surface area contributed by atoms with E-state index in [0.29, 0.717) is 42.1 Å². The Balaban J connectivity index is 1.70. The molecule has 6 nitrogen and oxygen atoms in total. The standard InChI is InChI=1S/C23H21N3O3/c1-3-16-5-4-6-19(14(16)2)22-25-20-10-15(9-18(11-24)21(20)29-22)12-26-8-7-17(13-26)23(27)28/h3-6,9-10,17H,1,7-8,12-13H2,2H3,(H,27,28)/t17-/m1/s1. The third-order valence-electron chi connectivity index (χ3n) is 5.52. The summed E-state index contributed by atoms with van der Waals surface area (Å²) in [5, 5.41) is 18.8. The van der Waals surface area contributed by atoms with Crippen molar-refractivity contribution in [2.45, 2.75) is 19.9 Å². The van der Waals surface area contributed by atoms with Gasteiger partial charge in [-0.3, -0.25) is 9.69 Å². The monoisotopic (exact) mass is 387 g/mol. The fourth-order valence-corrected chi connectivity index (χ4v) is 3.92. The average Bonchev–Trinajstić information content (AvgIpc) is 3.34. The van der Waals surface area contributed by atoms with Crippen molar-refractivity contribution in [1.82, 2.24) is 9.88 Å². The summed E-state index contributed by atoms with van der Waals surface area (Å²) in [6, 6.07) is 11.8. The Hall–Kier alpha value is -3.43. The number of nitrogens with zero attached hydrogens (tertiary/aromatic N) is 3. The Morgan fingerprint density at radius 3 is 3.00 bits per heavy atom. The summed E-state index contributed by atoms with van der Waals surface area (Å²) in [5.74, 6) is -0.603. The third-order valence-corrected chi connectivity index (χ3v) is 5.52. The first-order chi connectivity index (χ1) is 14.0. The van der Waals surface area contributed by atoms with Gasteiger partial charge in [-0.1, -0.05) is 24.8 Å². The van der Waals surface area contributed by atoms with Crippen molar-refractivity contribution in [3.63, 3.8) is 0 Å². The molecule has 2 heterocycles. The van der Waals surface area contributed by atoms with Gasteiger partial charge in [-0.15, -0.1) is 0 Å². The molecule has 6 heteroatoms. The minimum atomic E-state index is -0.751. The van der Waals surface area contributed by atoms with Gasteiger partial charge >= 0.3 is 5.97 Å². The molecule has 0 saturated carbocycles. The lowest BCUT2D eigenvalue weighted by molar-refractivity contribution is -0.141. The predicted molar refractivity (Wildman–Crippen MR) is 110 cm³/mol. The summed E-state index contributed by atoms with van der Waals surface area (Å²) in [6.07, 6.45) is 2.44. The van der Waals surface area contributed by atoms with Crippen LogP contribution < -0.4 is 0 Å². The van der Waals surface area contributed by atoms with E-state index in [1.54, 1.807) is 12.1 Å². The number of aromatic nitrogens is 1. The number of nitriles is 1. The molecule has 146 valence electrons. The summed E-state index contributed by atoms with van der Waals surface area (Å²) in [6.45, 7) is 7.66. The van der Waals surface area contributed by atoms with Crippen LogP contribution >= 0.6 is 0 Å². The number of hydrogen-bond acceptors (Lipinski definition) is 5. The number of carbonyl (C=O) groups is 1. The van der Waals surface area contributed by atoms with Gasteiger partial charge in [0.1, 0.15) is 11.6 Å². The van der Waals surface area contributed by atoms with Gasteiger partial charge < -0.3 is 9.52 Å². The van der Waals surface area contributed by atoms with E-state index in [2.05, 4.69) is 22.5 Å². The van der Waals surface area contributed by atoms with E-state index < -0.39 is 5.97 Å². The zero-order chi connectivity index (χ0) is 20.5. The van der Waals surface area contributed by atoms with Crippen LogP contribution in [0, 0.1) is 24.2 Å². The minimum absolute atomic E-state index is 0.326. The van der Waals surface area contributed by atoms with E-state index in [0.717, 1.165) is 28.8 Å². The van der Waals surface area contributed by atoms with Crippen molar-refractivity contribution in [3.8, 4) is 17.5 Å². The van der Waals surface area contributed by atoms with Crippen LogP contribution in [0.4, 0.5) is 0 Å². The molecule has 0 spiro atoms. The summed E-state index contributed by atoms with van der Waals surface area (Å²) < 4.78 is 5.97. The van der Waals surface area contributed by atoms with Crippen molar-refractivity contribution in [2.75, 3.05) is 13.1 Å². The summed E-state index contributed by atoms with van der Waals surface area (Å²) >= 11 is 0. The van der Waals surface area contributed by atoms with Crippen molar-refractivity contribution in [3.05, 3.63) is 59.2 Å². The lowest BCUT2D eigenvalue weighted by Crippen LogP contribution is -2.22. The van der Waals surface area contributed by atoms with E-state index in [9.17, 15) is 15.2 Å². The number of carboxylic acids is 1. The van der Waals surface area contributed by atoms with Crippen molar-refractivity contribution in [2.24, 2.45) is 5.92 Å². The maximum absolute atomic E-state index is 11.2. The zero-order valence-electron chi connectivity index (χ0n) is 16.2. The average molecular weight is 387 g/mol. The highest BCUT2D eigenvalue weighted by molar-refractivity contribution is 5.83. The third kappa shape index (κ3) is 3.53. The highest BCUT2D eigenvalue weighted by Gasteiger charge is 2.28. The van der Waals surface area contributed by atoms with Gasteiger partial charge in [-0.2, -0.15) is 5.26 Å². The second kappa shape index (κ2) is 7.53. The molecule has 0 amide bonds. The Morgan fingerprint density at radius 1 is 1.48 bits per heavy atom. The molecule has 3 aromatic rings. The summed E-state index contributed by atoms with van der Waals surface area (Å²) in [4.78, 5) is 17.9. The first kappa shape index (κ1) is 18.9. The van der Waals surface area contributed by atoms with Crippen LogP contribution in [-0.2, 0) is 11.3 Å². The fraction of sp³-hybridized carbons (Fsp3) is 0.261. The van der Waals surface area contributed by atoms with Gasteiger partial charge in [-0.05, 0) is 54.8 Å². The van der Waals surface area contributed by atoms with Crippen LogP contribution in [0.5, 0.6) is 0 Å². The molecular weight excluding hydrogens is 366 g/mol. The molecule has 1 aromatic heterocycles. The Morgan fingerprint density at radius 2 is 2.31 bits per heavy atom. The number of hydrogen-bond donors (Lipinski definition) is 1. The van der Waals surface area contributed by atoms with E-state index in [-0.39, 0.29) is 5.92 Å². The molecule has 4 rings (SSSR count). The minimum Gasteiger partial charge on any atom is -0.481 e. The smallest absolute Gasteiger partial charge is 0.307 e. The predicted octanol–water partition coefficient (Wildman–Crippen LogP) is 4.22. The molecule has 0 bridgehead atoms. The zero-order valence-corrected chi connectivity index (χ0v) is 16.2. The second-order valence-electron chi connectivity index (χ2n) is 7.41. The number of benzene rings is 2. The van der Waals surface area contributed by atoms with Gasteiger partial charge in [0, 0.05) is 18.7 Å². The van der Waals surface area contributed by atoms with Gasteiger partial charge in [0.15, 0.2) is 5.58 Å². The largest absolute Gasteiger partial charge is 0.481 e. The first-order valence-electron chi connectivity index (χ1n) is 9.51. The number of oxazole rings is 1.